The fourth-order valence-electron chi connectivity index (χ4n) is 1.92. The van der Waals surface area contributed by atoms with Crippen LogP contribution in [-0.2, 0) is 0 Å². The number of nitro groups is 1. The van der Waals surface area contributed by atoms with E-state index in [0.29, 0.717) is 5.69 Å². The molecule has 1 amide bonds. The SMILES string of the molecule is Cc1ccc(Br)c(NC(=O)c2cc(C)ccc2[N+](=O)[O-])c1. The van der Waals surface area contributed by atoms with Crippen molar-refractivity contribution in [2.75, 3.05) is 5.32 Å². The standard InChI is InChI=1S/C15H13BrN2O3/c1-9-4-6-14(18(20)21)11(7-9)15(19)17-13-8-10(2)3-5-12(13)16/h3-8H,1-2H3,(H,17,19). The van der Waals surface area contributed by atoms with Crippen LogP contribution in [0.2, 0.25) is 0 Å². The molecular formula is C15H13BrN2O3. The summed E-state index contributed by atoms with van der Waals surface area (Å²) < 4.78 is 0.719. The lowest BCUT2D eigenvalue weighted by molar-refractivity contribution is -0.385. The third kappa shape index (κ3) is 3.46. The van der Waals surface area contributed by atoms with Crippen molar-refractivity contribution in [1.82, 2.24) is 0 Å². The van der Waals surface area contributed by atoms with Gasteiger partial charge in [-0.2, -0.15) is 0 Å². The van der Waals surface area contributed by atoms with E-state index in [4.69, 9.17) is 0 Å². The number of hydrogen-bond acceptors (Lipinski definition) is 3. The van der Waals surface area contributed by atoms with Crippen LogP contribution in [0, 0.1) is 24.0 Å². The highest BCUT2D eigenvalue weighted by Gasteiger charge is 2.20. The van der Waals surface area contributed by atoms with Crippen molar-refractivity contribution in [2.45, 2.75) is 13.8 Å². The lowest BCUT2D eigenvalue weighted by Gasteiger charge is -2.09. The molecule has 0 aliphatic carbocycles. The molecule has 0 bridgehead atoms. The molecule has 0 aromatic heterocycles. The molecule has 5 nitrogen and oxygen atoms in total. The van der Waals surface area contributed by atoms with Crippen LogP contribution in [0.25, 0.3) is 0 Å². The molecule has 108 valence electrons. The fraction of sp³-hybridized carbons (Fsp3) is 0.133. The number of benzene rings is 2. The lowest BCUT2D eigenvalue weighted by Crippen LogP contribution is -2.14. The van der Waals surface area contributed by atoms with Crippen LogP contribution in [0.15, 0.2) is 40.9 Å². The molecule has 6 heteroatoms. The number of hydrogen-bond donors (Lipinski definition) is 1. The molecule has 0 saturated carbocycles. The van der Waals surface area contributed by atoms with Gasteiger partial charge in [0.2, 0.25) is 0 Å². The van der Waals surface area contributed by atoms with Gasteiger partial charge in [0.1, 0.15) is 5.56 Å². The van der Waals surface area contributed by atoms with Gasteiger partial charge in [-0.25, -0.2) is 0 Å². The number of nitrogens with zero attached hydrogens (tertiary/aromatic N) is 1. The fourth-order valence-corrected chi connectivity index (χ4v) is 2.26. The molecule has 0 radical (unpaired) electrons. The predicted octanol–water partition coefficient (Wildman–Crippen LogP) is 4.23. The van der Waals surface area contributed by atoms with Crippen LogP contribution < -0.4 is 5.32 Å². The van der Waals surface area contributed by atoms with E-state index in [1.807, 2.05) is 19.1 Å². The molecule has 0 unspecified atom stereocenters. The Morgan fingerprint density at radius 2 is 1.76 bits per heavy atom. The Balaban J connectivity index is 2.39. The second kappa shape index (κ2) is 6.05. The van der Waals surface area contributed by atoms with Gasteiger partial charge in [-0.1, -0.05) is 12.1 Å². The molecular weight excluding hydrogens is 336 g/mol. The van der Waals surface area contributed by atoms with Crippen LogP contribution in [0.1, 0.15) is 21.5 Å². The van der Waals surface area contributed by atoms with Gasteiger partial charge < -0.3 is 5.32 Å². The maximum Gasteiger partial charge on any atom is 0.282 e. The summed E-state index contributed by atoms with van der Waals surface area (Å²) in [6, 6.07) is 9.97. The lowest BCUT2D eigenvalue weighted by atomic mass is 10.1. The Labute approximate surface area is 130 Å². The van der Waals surface area contributed by atoms with Gasteiger partial charge in [-0.15, -0.1) is 0 Å². The first-order chi connectivity index (χ1) is 9.88. The summed E-state index contributed by atoms with van der Waals surface area (Å²) in [7, 11) is 0. The molecule has 2 aromatic rings. The van der Waals surface area contributed by atoms with Crippen molar-refractivity contribution in [3.63, 3.8) is 0 Å². The zero-order valence-corrected chi connectivity index (χ0v) is 13.1. The highest BCUT2D eigenvalue weighted by atomic mass is 79.9. The van der Waals surface area contributed by atoms with E-state index >= 15 is 0 Å². The summed E-state index contributed by atoms with van der Waals surface area (Å²) in [4.78, 5) is 22.8. The third-order valence-electron chi connectivity index (χ3n) is 2.96. The quantitative estimate of drug-likeness (QED) is 0.666. The Hall–Kier alpha value is -2.21. The second-order valence-corrected chi connectivity index (χ2v) is 5.57. The molecule has 2 rings (SSSR count). The minimum absolute atomic E-state index is 0.0495. The topological polar surface area (TPSA) is 72.2 Å². The molecule has 0 aliphatic heterocycles. The van der Waals surface area contributed by atoms with E-state index in [2.05, 4.69) is 21.2 Å². The Morgan fingerprint density at radius 1 is 1.14 bits per heavy atom. The average Bonchev–Trinajstić information content (AvgIpc) is 2.42. The second-order valence-electron chi connectivity index (χ2n) is 4.72. The molecule has 1 N–H and O–H groups in total. The number of nitrogens with one attached hydrogen (secondary N) is 1. The highest BCUT2D eigenvalue weighted by Crippen LogP contribution is 2.26. The van der Waals surface area contributed by atoms with Gasteiger partial charge in [-0.05, 0) is 59.1 Å². The van der Waals surface area contributed by atoms with E-state index < -0.39 is 10.8 Å². The summed E-state index contributed by atoms with van der Waals surface area (Å²) in [6.07, 6.45) is 0. The van der Waals surface area contributed by atoms with E-state index in [-0.39, 0.29) is 11.3 Å². The molecule has 0 heterocycles. The Kier molecular flexibility index (Phi) is 4.37. The number of halogens is 1. The zero-order valence-electron chi connectivity index (χ0n) is 11.5. The van der Waals surface area contributed by atoms with Crippen molar-refractivity contribution in [3.05, 3.63) is 67.7 Å². The van der Waals surface area contributed by atoms with Crippen LogP contribution in [0.4, 0.5) is 11.4 Å². The van der Waals surface area contributed by atoms with Gasteiger partial charge in [0.25, 0.3) is 11.6 Å². The molecule has 0 spiro atoms. The molecule has 0 saturated heterocycles. The van der Waals surface area contributed by atoms with Crippen LogP contribution >= 0.6 is 15.9 Å². The number of amides is 1. The third-order valence-corrected chi connectivity index (χ3v) is 3.65. The number of anilines is 1. The van der Waals surface area contributed by atoms with Crippen molar-refractivity contribution in [3.8, 4) is 0 Å². The zero-order chi connectivity index (χ0) is 15.6. The molecule has 0 aliphatic rings. The van der Waals surface area contributed by atoms with Gasteiger partial charge in [-0.3, -0.25) is 14.9 Å². The van der Waals surface area contributed by atoms with Crippen LogP contribution in [0.3, 0.4) is 0 Å². The summed E-state index contributed by atoms with van der Waals surface area (Å²) >= 11 is 3.34. The number of carbonyl (C=O) groups excluding carboxylic acids is 1. The first-order valence-electron chi connectivity index (χ1n) is 6.21. The van der Waals surface area contributed by atoms with Gasteiger partial charge >= 0.3 is 0 Å². The molecule has 0 atom stereocenters. The average molecular weight is 349 g/mol. The monoisotopic (exact) mass is 348 g/mol. The molecule has 21 heavy (non-hydrogen) atoms. The number of aryl methyl sites for hydroxylation is 2. The number of rotatable bonds is 3. The van der Waals surface area contributed by atoms with E-state index in [1.54, 1.807) is 19.1 Å². The summed E-state index contributed by atoms with van der Waals surface area (Å²) in [6.45, 7) is 3.68. The summed E-state index contributed by atoms with van der Waals surface area (Å²) in [5, 5.41) is 13.7. The number of carbonyl (C=O) groups is 1. The smallest absolute Gasteiger partial charge is 0.282 e. The maximum atomic E-state index is 12.3. The molecule has 0 fully saturated rings. The van der Waals surface area contributed by atoms with Crippen molar-refractivity contribution >= 4 is 33.2 Å². The van der Waals surface area contributed by atoms with Crippen LogP contribution in [-0.4, -0.2) is 10.8 Å². The predicted molar refractivity (Wildman–Crippen MR) is 84.7 cm³/mol. The highest BCUT2D eigenvalue weighted by molar-refractivity contribution is 9.10. The number of nitro benzene ring substituents is 1. The van der Waals surface area contributed by atoms with E-state index in [1.165, 1.54) is 12.1 Å². The van der Waals surface area contributed by atoms with Crippen LogP contribution in [0.5, 0.6) is 0 Å². The summed E-state index contributed by atoms with van der Waals surface area (Å²) in [5.74, 6) is -0.503. The summed E-state index contributed by atoms with van der Waals surface area (Å²) in [5.41, 5.74) is 2.19. The van der Waals surface area contributed by atoms with Crippen molar-refractivity contribution in [2.24, 2.45) is 0 Å². The minimum atomic E-state index is -0.556. The van der Waals surface area contributed by atoms with E-state index in [0.717, 1.165) is 15.6 Å². The Bertz CT molecular complexity index is 729. The minimum Gasteiger partial charge on any atom is -0.321 e. The maximum absolute atomic E-state index is 12.3. The van der Waals surface area contributed by atoms with Gasteiger partial charge in [0, 0.05) is 10.5 Å². The normalized spacial score (nSPS) is 10.2. The van der Waals surface area contributed by atoms with E-state index in [9.17, 15) is 14.9 Å². The largest absolute Gasteiger partial charge is 0.321 e. The van der Waals surface area contributed by atoms with Crippen molar-refractivity contribution in [1.29, 1.82) is 0 Å². The van der Waals surface area contributed by atoms with Gasteiger partial charge in [0.15, 0.2) is 0 Å². The van der Waals surface area contributed by atoms with Crippen molar-refractivity contribution < 1.29 is 9.72 Å². The molecule has 2 aromatic carbocycles. The van der Waals surface area contributed by atoms with Gasteiger partial charge in [0.05, 0.1) is 10.6 Å². The first-order valence-corrected chi connectivity index (χ1v) is 7.00. The first kappa shape index (κ1) is 15.2. The Morgan fingerprint density at radius 3 is 2.43 bits per heavy atom.